The highest BCUT2D eigenvalue weighted by molar-refractivity contribution is 5.32. The Morgan fingerprint density at radius 3 is 2.75 bits per heavy atom. The zero-order valence-electron chi connectivity index (χ0n) is 11.4. The Bertz CT molecular complexity index is 596. The first kappa shape index (κ1) is 14.5. The van der Waals surface area contributed by atoms with Crippen LogP contribution in [0.4, 0.5) is 8.78 Å². The summed E-state index contributed by atoms with van der Waals surface area (Å²) in [5.74, 6) is 4.30. The molecular weight excluding hydrogens is 264 g/mol. The average Bonchev–Trinajstić information content (AvgIpc) is 2.85. The zero-order chi connectivity index (χ0) is 14.7. The third-order valence-corrected chi connectivity index (χ3v) is 3.13. The molecule has 0 bridgehead atoms. The minimum Gasteiger partial charge on any atom is -0.271 e. The number of halogens is 2. The van der Waals surface area contributed by atoms with Crippen LogP contribution in [0.1, 0.15) is 36.2 Å². The summed E-state index contributed by atoms with van der Waals surface area (Å²) in [5.41, 5.74) is 3.81. The van der Waals surface area contributed by atoms with Crippen molar-refractivity contribution < 1.29 is 8.78 Å². The molecule has 0 aliphatic carbocycles. The van der Waals surface area contributed by atoms with E-state index < -0.39 is 17.7 Å². The molecular formula is C13H17F2N5. The van der Waals surface area contributed by atoms with E-state index in [1.165, 1.54) is 12.3 Å². The molecule has 1 aromatic carbocycles. The summed E-state index contributed by atoms with van der Waals surface area (Å²) in [5, 5.41) is 7.77. The van der Waals surface area contributed by atoms with Gasteiger partial charge in [0.1, 0.15) is 11.6 Å². The number of hydrazine groups is 1. The van der Waals surface area contributed by atoms with E-state index in [1.54, 1.807) is 11.6 Å². The molecule has 108 valence electrons. The first-order chi connectivity index (χ1) is 9.58. The smallest absolute Gasteiger partial charge is 0.131 e. The lowest BCUT2D eigenvalue weighted by Gasteiger charge is -2.18. The molecule has 2 aromatic rings. The van der Waals surface area contributed by atoms with Crippen molar-refractivity contribution in [2.75, 3.05) is 0 Å². The molecule has 1 aromatic heterocycles. The number of nitrogens with zero attached hydrogens (tertiary/aromatic N) is 3. The van der Waals surface area contributed by atoms with Crippen molar-refractivity contribution >= 4 is 0 Å². The predicted molar refractivity (Wildman–Crippen MR) is 70.6 cm³/mol. The minimum atomic E-state index is -0.653. The van der Waals surface area contributed by atoms with Gasteiger partial charge in [-0.25, -0.2) is 18.9 Å². The number of aromatic nitrogens is 3. The van der Waals surface area contributed by atoms with Gasteiger partial charge in [-0.05, 0) is 25.0 Å². The van der Waals surface area contributed by atoms with Crippen molar-refractivity contribution in [3.63, 3.8) is 0 Å². The van der Waals surface area contributed by atoms with Crippen LogP contribution in [0.3, 0.4) is 0 Å². The molecule has 1 atom stereocenters. The molecule has 1 unspecified atom stereocenters. The zero-order valence-corrected chi connectivity index (χ0v) is 11.4. The fraction of sp³-hybridized carbons (Fsp3) is 0.385. The Morgan fingerprint density at radius 1 is 1.35 bits per heavy atom. The second kappa shape index (κ2) is 6.06. The molecule has 0 saturated heterocycles. The van der Waals surface area contributed by atoms with Gasteiger partial charge in [0.15, 0.2) is 0 Å². The summed E-state index contributed by atoms with van der Waals surface area (Å²) in [4.78, 5) is 0. The van der Waals surface area contributed by atoms with Gasteiger partial charge in [-0.15, -0.1) is 5.10 Å². The van der Waals surface area contributed by atoms with E-state index in [4.69, 9.17) is 5.84 Å². The molecule has 20 heavy (non-hydrogen) atoms. The monoisotopic (exact) mass is 281 g/mol. The Kier molecular flexibility index (Phi) is 4.41. The van der Waals surface area contributed by atoms with Gasteiger partial charge in [0, 0.05) is 18.2 Å². The van der Waals surface area contributed by atoms with Gasteiger partial charge in [-0.2, -0.15) is 0 Å². The molecule has 0 radical (unpaired) electrons. The van der Waals surface area contributed by atoms with Gasteiger partial charge in [-0.1, -0.05) is 12.1 Å². The summed E-state index contributed by atoms with van der Waals surface area (Å²) in [6.07, 6.45) is 2.39. The second-order valence-corrected chi connectivity index (χ2v) is 4.60. The molecule has 0 saturated carbocycles. The van der Waals surface area contributed by atoms with E-state index in [0.717, 1.165) is 12.5 Å². The van der Waals surface area contributed by atoms with Crippen LogP contribution in [0, 0.1) is 18.6 Å². The molecule has 2 rings (SSSR count). The number of nitrogens with two attached hydrogens (primary N) is 1. The Labute approximate surface area is 115 Å². The molecule has 0 spiro atoms. The van der Waals surface area contributed by atoms with Crippen molar-refractivity contribution in [1.29, 1.82) is 0 Å². The maximum atomic E-state index is 14.0. The van der Waals surface area contributed by atoms with E-state index in [0.29, 0.717) is 17.8 Å². The quantitative estimate of drug-likeness (QED) is 0.648. The predicted octanol–water partition coefficient (Wildman–Crippen LogP) is 1.83. The Morgan fingerprint density at radius 2 is 2.10 bits per heavy atom. The molecule has 3 N–H and O–H groups in total. The SMILES string of the molecule is CCCn1nncc1C(NN)c1cc(C)c(F)cc1F. The second-order valence-electron chi connectivity index (χ2n) is 4.60. The van der Waals surface area contributed by atoms with Crippen molar-refractivity contribution in [1.82, 2.24) is 20.4 Å². The summed E-state index contributed by atoms with van der Waals surface area (Å²) < 4.78 is 29.0. The lowest BCUT2D eigenvalue weighted by atomic mass is 10.0. The van der Waals surface area contributed by atoms with Gasteiger partial charge < -0.3 is 0 Å². The van der Waals surface area contributed by atoms with Crippen LogP contribution in [0.25, 0.3) is 0 Å². The van der Waals surface area contributed by atoms with Crippen molar-refractivity contribution in [3.05, 3.63) is 46.8 Å². The third kappa shape index (κ3) is 2.68. The lowest BCUT2D eigenvalue weighted by Crippen LogP contribution is -2.31. The van der Waals surface area contributed by atoms with Crippen LogP contribution in [0.2, 0.25) is 0 Å². The van der Waals surface area contributed by atoms with Crippen LogP contribution in [-0.4, -0.2) is 15.0 Å². The molecule has 5 nitrogen and oxygen atoms in total. The first-order valence-electron chi connectivity index (χ1n) is 6.38. The van der Waals surface area contributed by atoms with E-state index in [-0.39, 0.29) is 5.56 Å². The van der Waals surface area contributed by atoms with Gasteiger partial charge in [0.2, 0.25) is 0 Å². The van der Waals surface area contributed by atoms with Crippen LogP contribution < -0.4 is 11.3 Å². The topological polar surface area (TPSA) is 68.8 Å². The van der Waals surface area contributed by atoms with Crippen molar-refractivity contribution in [2.24, 2.45) is 5.84 Å². The van der Waals surface area contributed by atoms with Crippen molar-refractivity contribution in [3.8, 4) is 0 Å². The molecule has 0 fully saturated rings. The van der Waals surface area contributed by atoms with Gasteiger partial charge in [0.05, 0.1) is 17.9 Å². The minimum absolute atomic E-state index is 0.269. The Hall–Kier alpha value is -1.86. The van der Waals surface area contributed by atoms with Crippen molar-refractivity contribution in [2.45, 2.75) is 32.9 Å². The maximum absolute atomic E-state index is 14.0. The summed E-state index contributed by atoms with van der Waals surface area (Å²) in [6.45, 7) is 4.22. The van der Waals surface area contributed by atoms with Crippen LogP contribution in [-0.2, 0) is 6.54 Å². The third-order valence-electron chi connectivity index (χ3n) is 3.13. The number of aryl methyl sites for hydroxylation is 2. The first-order valence-corrected chi connectivity index (χ1v) is 6.38. The summed E-state index contributed by atoms with van der Waals surface area (Å²) >= 11 is 0. The van der Waals surface area contributed by atoms with Gasteiger partial charge >= 0.3 is 0 Å². The number of nitrogens with one attached hydrogen (secondary N) is 1. The van der Waals surface area contributed by atoms with E-state index >= 15 is 0 Å². The standard InChI is InChI=1S/C13H17F2N5/c1-3-4-20-12(7-17-19-20)13(18-16)9-5-8(2)10(14)6-11(9)15/h5-7,13,18H,3-4,16H2,1-2H3. The van der Waals surface area contributed by atoms with Crippen LogP contribution in [0.5, 0.6) is 0 Å². The van der Waals surface area contributed by atoms with Crippen LogP contribution >= 0.6 is 0 Å². The summed E-state index contributed by atoms with van der Waals surface area (Å²) in [7, 11) is 0. The van der Waals surface area contributed by atoms with E-state index in [1.807, 2.05) is 6.92 Å². The molecule has 0 aliphatic rings. The lowest BCUT2D eigenvalue weighted by molar-refractivity contribution is 0.491. The van der Waals surface area contributed by atoms with Gasteiger partial charge in [0.25, 0.3) is 0 Å². The molecule has 0 amide bonds. The number of hydrogen-bond acceptors (Lipinski definition) is 4. The molecule has 1 heterocycles. The van der Waals surface area contributed by atoms with Gasteiger partial charge in [-0.3, -0.25) is 5.84 Å². The highest BCUT2D eigenvalue weighted by Crippen LogP contribution is 2.25. The molecule has 7 heteroatoms. The van der Waals surface area contributed by atoms with E-state index in [2.05, 4.69) is 15.7 Å². The van der Waals surface area contributed by atoms with Crippen LogP contribution in [0.15, 0.2) is 18.3 Å². The fourth-order valence-corrected chi connectivity index (χ4v) is 2.11. The normalized spacial score (nSPS) is 12.7. The highest BCUT2D eigenvalue weighted by Gasteiger charge is 2.22. The van der Waals surface area contributed by atoms with E-state index in [9.17, 15) is 8.78 Å². The Balaban J connectivity index is 2.47. The number of benzene rings is 1. The maximum Gasteiger partial charge on any atom is 0.131 e. The summed E-state index contributed by atoms with van der Waals surface area (Å²) in [6, 6.07) is 1.68. The highest BCUT2D eigenvalue weighted by atomic mass is 19.1. The number of hydrogen-bond donors (Lipinski definition) is 2. The largest absolute Gasteiger partial charge is 0.271 e. The average molecular weight is 281 g/mol. The molecule has 0 aliphatic heterocycles. The fourth-order valence-electron chi connectivity index (χ4n) is 2.11. The number of rotatable bonds is 5.